The van der Waals surface area contributed by atoms with Gasteiger partial charge in [-0.3, -0.25) is 9.59 Å². The number of nitrogens with zero attached hydrogens (tertiary/aromatic N) is 2. The first-order valence-corrected chi connectivity index (χ1v) is 5.59. The molecule has 2 rings (SSSR count). The lowest BCUT2D eigenvalue weighted by Gasteiger charge is -2.00. The Kier molecular flexibility index (Phi) is 8.09. The monoisotopic (exact) mass is 277 g/mol. The van der Waals surface area contributed by atoms with Crippen molar-refractivity contribution in [2.24, 2.45) is 0 Å². The van der Waals surface area contributed by atoms with Crippen LogP contribution in [0, 0.1) is 6.92 Å². The van der Waals surface area contributed by atoms with Gasteiger partial charge in [-0.2, -0.15) is 5.10 Å². The quantitative estimate of drug-likeness (QED) is 0.832. The molecule has 0 aliphatic carbocycles. The molecule has 0 saturated carbocycles. The Labute approximate surface area is 118 Å². The first-order chi connectivity index (χ1) is 9.13. The molecule has 0 unspecified atom stereocenters. The van der Waals surface area contributed by atoms with Crippen molar-refractivity contribution in [3.8, 4) is 5.69 Å². The Bertz CT molecular complexity index is 507. The highest BCUT2D eigenvalue weighted by Gasteiger charge is 1.93. The van der Waals surface area contributed by atoms with Gasteiger partial charge in [0.1, 0.15) is 6.54 Å². The molecule has 1 heterocycles. The fraction of sp³-hybridized carbons (Fsp3) is 0.214. The number of amides is 1. The third-order valence-corrected chi connectivity index (χ3v) is 2.14. The minimum atomic E-state index is -1.04. The maximum Gasteiger partial charge on any atom is 0.322 e. The van der Waals surface area contributed by atoms with Crippen LogP contribution in [0.5, 0.6) is 0 Å². The molecular formula is C14H19N3O3. The van der Waals surface area contributed by atoms with Crippen LogP contribution in [-0.2, 0) is 9.59 Å². The smallest absolute Gasteiger partial charge is 0.322 e. The summed E-state index contributed by atoms with van der Waals surface area (Å²) in [4.78, 5) is 18.9. The lowest BCUT2D eigenvalue weighted by molar-refractivity contribution is -0.136. The lowest BCUT2D eigenvalue weighted by Crippen LogP contribution is -2.20. The number of carbonyl (C=O) groups excluding carboxylic acids is 1. The summed E-state index contributed by atoms with van der Waals surface area (Å²) < 4.78 is 1.85. The summed E-state index contributed by atoms with van der Waals surface area (Å²) in [7, 11) is 0. The van der Waals surface area contributed by atoms with Gasteiger partial charge in [-0.05, 0) is 25.1 Å². The van der Waals surface area contributed by atoms with Crippen LogP contribution in [0.1, 0.15) is 13.0 Å². The summed E-state index contributed by atoms with van der Waals surface area (Å²) in [5, 5.41) is 13.9. The molecule has 108 valence electrons. The van der Waals surface area contributed by atoms with E-state index in [-0.39, 0.29) is 14.0 Å². The lowest BCUT2D eigenvalue weighted by atomic mass is 10.2. The molecule has 0 bridgehead atoms. The van der Waals surface area contributed by atoms with E-state index in [0.29, 0.717) is 6.41 Å². The Morgan fingerprint density at radius 3 is 2.45 bits per heavy atom. The maximum absolute atomic E-state index is 9.54. The normalized spacial score (nSPS) is 8.65. The first kappa shape index (κ1) is 17.4. The number of carboxylic acid groups (broad SMARTS) is 1. The van der Waals surface area contributed by atoms with E-state index >= 15 is 0 Å². The number of rotatable bonds is 4. The molecule has 20 heavy (non-hydrogen) atoms. The van der Waals surface area contributed by atoms with Crippen LogP contribution < -0.4 is 5.32 Å². The summed E-state index contributed by atoms with van der Waals surface area (Å²) >= 11 is 0. The zero-order valence-electron chi connectivity index (χ0n) is 10.5. The second-order valence-electron chi connectivity index (χ2n) is 3.68. The fourth-order valence-corrected chi connectivity index (χ4v) is 1.25. The number of carbonyl (C=O) groups is 2. The molecule has 1 aromatic carbocycles. The van der Waals surface area contributed by atoms with Gasteiger partial charge in [0.05, 0.1) is 5.69 Å². The van der Waals surface area contributed by atoms with Crippen molar-refractivity contribution in [3.63, 3.8) is 0 Å². The SMILES string of the molecule is C.Cc1ccc(-n2cccn2)cc1.O=CNCC(=O)O. The van der Waals surface area contributed by atoms with Gasteiger partial charge < -0.3 is 10.4 Å². The van der Waals surface area contributed by atoms with Gasteiger partial charge in [0, 0.05) is 12.4 Å². The van der Waals surface area contributed by atoms with Crippen LogP contribution in [0.25, 0.3) is 5.69 Å². The van der Waals surface area contributed by atoms with Crippen molar-refractivity contribution in [1.29, 1.82) is 0 Å². The summed E-state index contributed by atoms with van der Waals surface area (Å²) in [6.45, 7) is 1.77. The molecule has 0 atom stereocenters. The standard InChI is InChI=1S/C10H10N2.C3H5NO3.CH4/c1-9-3-5-10(6-4-9)12-8-2-7-11-12;5-2-4-1-3(6)7;/h2-8H,1H3;2H,1H2,(H,4,5)(H,6,7);1H4. The topological polar surface area (TPSA) is 84.2 Å². The van der Waals surface area contributed by atoms with Crippen molar-refractivity contribution in [1.82, 2.24) is 15.1 Å². The maximum atomic E-state index is 9.54. The van der Waals surface area contributed by atoms with Crippen LogP contribution in [-0.4, -0.2) is 33.8 Å². The summed E-state index contributed by atoms with van der Waals surface area (Å²) in [6.07, 6.45) is 4.05. The highest BCUT2D eigenvalue weighted by atomic mass is 16.4. The van der Waals surface area contributed by atoms with E-state index in [4.69, 9.17) is 5.11 Å². The number of hydrogen-bond donors (Lipinski definition) is 2. The molecular weight excluding hydrogens is 258 g/mol. The number of carboxylic acids is 1. The second-order valence-corrected chi connectivity index (χ2v) is 3.68. The van der Waals surface area contributed by atoms with E-state index in [1.807, 2.05) is 22.3 Å². The molecule has 2 aromatic rings. The van der Waals surface area contributed by atoms with Gasteiger partial charge in [0.25, 0.3) is 0 Å². The van der Waals surface area contributed by atoms with Crippen molar-refractivity contribution >= 4 is 12.4 Å². The van der Waals surface area contributed by atoms with E-state index in [1.165, 1.54) is 5.56 Å². The molecule has 1 aromatic heterocycles. The van der Waals surface area contributed by atoms with Crippen LogP contribution in [0.3, 0.4) is 0 Å². The van der Waals surface area contributed by atoms with Crippen LogP contribution in [0.2, 0.25) is 0 Å². The Balaban J connectivity index is 0.000000396. The summed E-state index contributed by atoms with van der Waals surface area (Å²) in [6, 6.07) is 10.2. The highest BCUT2D eigenvalue weighted by Crippen LogP contribution is 2.06. The number of aromatic nitrogens is 2. The van der Waals surface area contributed by atoms with Crippen molar-refractivity contribution in [3.05, 3.63) is 48.3 Å². The van der Waals surface area contributed by atoms with Crippen molar-refractivity contribution in [2.75, 3.05) is 6.54 Å². The van der Waals surface area contributed by atoms with E-state index < -0.39 is 5.97 Å². The van der Waals surface area contributed by atoms with Crippen LogP contribution in [0.15, 0.2) is 42.7 Å². The predicted molar refractivity (Wildman–Crippen MR) is 76.7 cm³/mol. The third kappa shape index (κ3) is 6.34. The molecule has 0 fully saturated rings. The summed E-state index contributed by atoms with van der Waals surface area (Å²) in [5.74, 6) is -1.04. The van der Waals surface area contributed by atoms with Gasteiger partial charge in [0.2, 0.25) is 6.41 Å². The number of aliphatic carboxylic acids is 1. The molecule has 1 amide bonds. The Hall–Kier alpha value is -2.63. The molecule has 0 radical (unpaired) electrons. The van der Waals surface area contributed by atoms with Gasteiger partial charge in [-0.25, -0.2) is 4.68 Å². The Morgan fingerprint density at radius 2 is 2.05 bits per heavy atom. The second kappa shape index (κ2) is 9.32. The van der Waals surface area contributed by atoms with Crippen molar-refractivity contribution in [2.45, 2.75) is 14.4 Å². The van der Waals surface area contributed by atoms with Crippen LogP contribution in [0.4, 0.5) is 0 Å². The van der Waals surface area contributed by atoms with E-state index in [0.717, 1.165) is 5.69 Å². The first-order valence-electron chi connectivity index (χ1n) is 5.59. The molecule has 6 nitrogen and oxygen atoms in total. The number of aryl methyl sites for hydroxylation is 1. The van der Waals surface area contributed by atoms with Crippen molar-refractivity contribution < 1.29 is 14.7 Å². The molecule has 2 N–H and O–H groups in total. The molecule has 0 spiro atoms. The van der Waals surface area contributed by atoms with E-state index in [9.17, 15) is 9.59 Å². The molecule has 0 aliphatic heterocycles. The number of benzene rings is 1. The highest BCUT2D eigenvalue weighted by molar-refractivity contribution is 5.71. The Morgan fingerprint density at radius 1 is 1.40 bits per heavy atom. The molecule has 0 aliphatic rings. The minimum absolute atomic E-state index is 0. The van der Waals surface area contributed by atoms with Gasteiger partial charge in [-0.1, -0.05) is 25.1 Å². The average Bonchev–Trinajstić information content (AvgIpc) is 2.92. The number of nitrogens with one attached hydrogen (secondary N) is 1. The predicted octanol–water partition coefficient (Wildman–Crippen LogP) is 1.63. The van der Waals surface area contributed by atoms with E-state index in [1.54, 1.807) is 6.20 Å². The number of hydrogen-bond acceptors (Lipinski definition) is 3. The minimum Gasteiger partial charge on any atom is -0.480 e. The zero-order valence-corrected chi connectivity index (χ0v) is 10.5. The molecule has 6 heteroatoms. The average molecular weight is 277 g/mol. The largest absolute Gasteiger partial charge is 0.480 e. The zero-order chi connectivity index (χ0) is 14.1. The van der Waals surface area contributed by atoms with Gasteiger partial charge >= 0.3 is 5.97 Å². The van der Waals surface area contributed by atoms with Crippen LogP contribution >= 0.6 is 0 Å². The molecule has 0 saturated heterocycles. The van der Waals surface area contributed by atoms with Gasteiger partial charge in [-0.15, -0.1) is 0 Å². The van der Waals surface area contributed by atoms with E-state index in [2.05, 4.69) is 36.3 Å². The van der Waals surface area contributed by atoms with Gasteiger partial charge in [0.15, 0.2) is 0 Å². The summed E-state index contributed by atoms with van der Waals surface area (Å²) in [5.41, 5.74) is 2.37. The third-order valence-electron chi connectivity index (χ3n) is 2.14. The fourth-order valence-electron chi connectivity index (χ4n) is 1.25.